The van der Waals surface area contributed by atoms with E-state index in [-0.39, 0.29) is 11.7 Å². The summed E-state index contributed by atoms with van der Waals surface area (Å²) in [4.78, 5) is 33.8. The van der Waals surface area contributed by atoms with Crippen molar-refractivity contribution in [3.8, 4) is 11.5 Å². The van der Waals surface area contributed by atoms with E-state index in [9.17, 15) is 9.59 Å². The maximum atomic E-state index is 13.6. The molecule has 1 spiro atoms. The first-order valence-corrected chi connectivity index (χ1v) is 13.8. The van der Waals surface area contributed by atoms with Crippen molar-refractivity contribution in [2.75, 3.05) is 27.2 Å². The Balaban J connectivity index is 1.97. The Bertz CT molecular complexity index is 876. The van der Waals surface area contributed by atoms with E-state index in [1.54, 1.807) is 19.1 Å². The van der Waals surface area contributed by atoms with Gasteiger partial charge in [-0.05, 0) is 55.5 Å². The van der Waals surface area contributed by atoms with Crippen LogP contribution in [0.4, 0.5) is 0 Å². The van der Waals surface area contributed by atoms with Crippen LogP contribution < -0.4 is 0 Å². The molecule has 156 valence electrons. The number of nitrogens with zero attached hydrogens (tertiary/aromatic N) is 2. The van der Waals surface area contributed by atoms with E-state index in [2.05, 4.69) is 31.1 Å². The van der Waals surface area contributed by atoms with Gasteiger partial charge in [-0.2, -0.15) is 5.06 Å². The molecule has 1 amide bonds. The number of aryl methyl sites for hydroxylation is 2. The van der Waals surface area contributed by atoms with Gasteiger partial charge in [0.1, 0.15) is 19.5 Å². The third-order valence-electron chi connectivity index (χ3n) is 6.21. The fourth-order valence-electron chi connectivity index (χ4n) is 4.59. The minimum absolute atomic E-state index is 0.0351. The first-order valence-electron chi connectivity index (χ1n) is 10.3. The van der Waals surface area contributed by atoms with Crippen molar-refractivity contribution in [2.45, 2.75) is 57.8 Å². The van der Waals surface area contributed by atoms with Crippen LogP contribution in [0.1, 0.15) is 41.0 Å². The maximum absolute atomic E-state index is 13.6. The zero-order valence-electron chi connectivity index (χ0n) is 18.7. The minimum atomic E-state index is -1.47. The number of rotatable bonds is 2. The Morgan fingerprint density at radius 2 is 1.66 bits per heavy atom. The van der Waals surface area contributed by atoms with Crippen LogP contribution >= 0.6 is 0 Å². The van der Waals surface area contributed by atoms with E-state index in [0.717, 1.165) is 22.3 Å². The molecule has 0 saturated carbocycles. The fraction of sp³-hybridized carbons (Fsp3) is 0.565. The Morgan fingerprint density at radius 3 is 2.14 bits per heavy atom. The molecule has 2 saturated heterocycles. The van der Waals surface area contributed by atoms with E-state index in [1.807, 2.05) is 31.0 Å². The second-order valence-electron chi connectivity index (χ2n) is 9.36. The summed E-state index contributed by atoms with van der Waals surface area (Å²) in [5.74, 6) is 2.53. The van der Waals surface area contributed by atoms with Crippen LogP contribution in [-0.4, -0.2) is 62.5 Å². The molecule has 0 radical (unpaired) electrons. The summed E-state index contributed by atoms with van der Waals surface area (Å²) in [5, 5.41) is 1.85. The summed E-state index contributed by atoms with van der Waals surface area (Å²) >= 11 is 0. The molecular weight excluding hydrogens is 380 g/mol. The number of piperidine rings is 1. The number of benzene rings is 1. The number of likely N-dealkylation sites (tertiary alicyclic amines) is 1. The van der Waals surface area contributed by atoms with E-state index in [1.165, 1.54) is 0 Å². The molecule has 5 nitrogen and oxygen atoms in total. The van der Waals surface area contributed by atoms with Gasteiger partial charge >= 0.3 is 0 Å². The van der Waals surface area contributed by atoms with Crippen LogP contribution in [0, 0.1) is 25.3 Å². The highest BCUT2D eigenvalue weighted by Crippen LogP contribution is 2.43. The Hall–Kier alpha value is -1.94. The molecule has 1 unspecified atom stereocenters. The standard InChI is InChI=1S/C23H32N2O3Si/c1-16-14-18(8-13-29(5,6)7)15-17(2)19(16)20-21(26)23(24(3)22(20)27)9-11-25(28-4)12-10-23/h14-15,20H,9-12H2,1-7H3. The summed E-state index contributed by atoms with van der Waals surface area (Å²) in [5.41, 5.74) is 6.43. The SMILES string of the molecule is CON1CCC2(CC1)C(=O)C(c1c(C)cc(C#C[Si](C)(C)C)cc1C)C(=O)N2C. The van der Waals surface area contributed by atoms with Crippen molar-refractivity contribution in [2.24, 2.45) is 0 Å². The molecule has 0 N–H and O–H groups in total. The molecule has 6 heteroatoms. The highest BCUT2D eigenvalue weighted by atomic mass is 28.3. The molecule has 2 fully saturated rings. The summed E-state index contributed by atoms with van der Waals surface area (Å²) in [6.45, 7) is 11.9. The van der Waals surface area contributed by atoms with Crippen LogP contribution in [-0.2, 0) is 14.4 Å². The molecule has 2 aliphatic rings. The number of ketones is 1. The summed E-state index contributed by atoms with van der Waals surface area (Å²) in [6, 6.07) is 4.04. The lowest BCUT2D eigenvalue weighted by molar-refractivity contribution is -0.165. The molecule has 0 bridgehead atoms. The molecule has 1 aromatic rings. The Labute approximate surface area is 175 Å². The summed E-state index contributed by atoms with van der Waals surface area (Å²) < 4.78 is 0. The van der Waals surface area contributed by atoms with Gasteiger partial charge in [0.2, 0.25) is 5.91 Å². The predicted octanol–water partition coefficient (Wildman–Crippen LogP) is 3.05. The molecule has 29 heavy (non-hydrogen) atoms. The topological polar surface area (TPSA) is 49.9 Å². The number of hydrogen-bond acceptors (Lipinski definition) is 4. The fourth-order valence-corrected chi connectivity index (χ4v) is 5.11. The lowest BCUT2D eigenvalue weighted by Gasteiger charge is -2.41. The van der Waals surface area contributed by atoms with Crippen molar-refractivity contribution < 1.29 is 14.4 Å². The van der Waals surface area contributed by atoms with Crippen LogP contribution in [0.3, 0.4) is 0 Å². The molecule has 2 aliphatic heterocycles. The van der Waals surface area contributed by atoms with Crippen LogP contribution in [0.2, 0.25) is 19.6 Å². The summed E-state index contributed by atoms with van der Waals surface area (Å²) in [6.07, 6.45) is 1.21. The first-order chi connectivity index (χ1) is 13.5. The molecule has 3 rings (SSSR count). The number of likely N-dealkylation sites (N-methyl/N-ethyl adjacent to an activating group) is 1. The van der Waals surface area contributed by atoms with Crippen molar-refractivity contribution in [3.63, 3.8) is 0 Å². The van der Waals surface area contributed by atoms with E-state index >= 15 is 0 Å². The van der Waals surface area contributed by atoms with Crippen molar-refractivity contribution in [3.05, 3.63) is 34.4 Å². The number of hydrogen-bond donors (Lipinski definition) is 0. The number of Topliss-reactive ketones (excluding diaryl/α,β-unsaturated/α-hetero) is 1. The Morgan fingerprint density at radius 1 is 1.10 bits per heavy atom. The zero-order valence-corrected chi connectivity index (χ0v) is 19.7. The zero-order chi connectivity index (χ0) is 21.6. The minimum Gasteiger partial charge on any atom is -0.332 e. The third-order valence-corrected chi connectivity index (χ3v) is 7.09. The van der Waals surface area contributed by atoms with Gasteiger partial charge in [0.05, 0.1) is 7.11 Å². The van der Waals surface area contributed by atoms with Crippen LogP contribution in [0.15, 0.2) is 12.1 Å². The molecule has 1 atom stereocenters. The predicted molar refractivity (Wildman–Crippen MR) is 117 cm³/mol. The van der Waals surface area contributed by atoms with E-state index < -0.39 is 19.5 Å². The van der Waals surface area contributed by atoms with E-state index in [0.29, 0.717) is 25.9 Å². The molecule has 2 heterocycles. The smallest absolute Gasteiger partial charge is 0.238 e. The second-order valence-corrected chi connectivity index (χ2v) is 14.1. The number of amides is 1. The highest BCUT2D eigenvalue weighted by Gasteiger charge is 2.58. The maximum Gasteiger partial charge on any atom is 0.238 e. The number of carbonyl (C=O) groups excluding carboxylic acids is 2. The molecule has 0 aliphatic carbocycles. The van der Waals surface area contributed by atoms with Crippen molar-refractivity contribution >= 4 is 19.8 Å². The van der Waals surface area contributed by atoms with E-state index in [4.69, 9.17) is 4.84 Å². The van der Waals surface area contributed by atoms with Gasteiger partial charge in [-0.3, -0.25) is 9.59 Å². The Kier molecular flexibility index (Phi) is 5.79. The average molecular weight is 413 g/mol. The van der Waals surface area contributed by atoms with Gasteiger partial charge in [-0.1, -0.05) is 25.6 Å². The summed E-state index contributed by atoms with van der Waals surface area (Å²) in [7, 11) is 1.95. The average Bonchev–Trinajstić information content (AvgIpc) is 2.82. The van der Waals surface area contributed by atoms with Gasteiger partial charge in [-0.15, -0.1) is 5.54 Å². The second kappa shape index (κ2) is 7.71. The quantitative estimate of drug-likeness (QED) is 0.426. The van der Waals surface area contributed by atoms with Gasteiger partial charge in [-0.25, -0.2) is 0 Å². The van der Waals surface area contributed by atoms with Gasteiger partial charge in [0.15, 0.2) is 5.78 Å². The molecular formula is C23H32N2O3Si. The normalized spacial score (nSPS) is 22.2. The molecule has 0 aromatic heterocycles. The lowest BCUT2D eigenvalue weighted by atomic mass is 9.78. The highest BCUT2D eigenvalue weighted by molar-refractivity contribution is 6.83. The van der Waals surface area contributed by atoms with Gasteiger partial charge in [0.25, 0.3) is 0 Å². The van der Waals surface area contributed by atoms with Crippen molar-refractivity contribution in [1.82, 2.24) is 9.96 Å². The number of hydroxylamine groups is 2. The largest absolute Gasteiger partial charge is 0.332 e. The molecule has 1 aromatic carbocycles. The van der Waals surface area contributed by atoms with Crippen LogP contribution in [0.5, 0.6) is 0 Å². The third kappa shape index (κ3) is 3.92. The monoisotopic (exact) mass is 412 g/mol. The van der Waals surface area contributed by atoms with Gasteiger partial charge < -0.3 is 9.74 Å². The number of carbonyl (C=O) groups is 2. The van der Waals surface area contributed by atoms with Gasteiger partial charge in [0, 0.05) is 25.7 Å². The first kappa shape index (κ1) is 21.8. The van der Waals surface area contributed by atoms with Crippen molar-refractivity contribution in [1.29, 1.82) is 0 Å². The van der Waals surface area contributed by atoms with Crippen LogP contribution in [0.25, 0.3) is 0 Å². The lowest BCUT2D eigenvalue weighted by Crippen LogP contribution is -2.54.